The smallest absolute Gasteiger partial charge is 0.223 e. The summed E-state index contributed by atoms with van der Waals surface area (Å²) in [5.41, 5.74) is 0. The van der Waals surface area contributed by atoms with E-state index in [1.165, 1.54) is 35.4 Å². The fourth-order valence-electron chi connectivity index (χ4n) is 3.00. The quantitative estimate of drug-likeness (QED) is 0.740. The molecule has 1 amide bonds. The van der Waals surface area contributed by atoms with Crippen LogP contribution in [0.2, 0.25) is 0 Å². The molecule has 1 saturated carbocycles. The van der Waals surface area contributed by atoms with Crippen molar-refractivity contribution >= 4 is 28.6 Å². The lowest BCUT2D eigenvalue weighted by atomic mass is 10.0. The second-order valence-corrected chi connectivity index (χ2v) is 7.83. The zero-order valence-electron chi connectivity index (χ0n) is 12.2. The Labute approximate surface area is 134 Å². The fourth-order valence-corrected chi connectivity index (χ4v) is 4.44. The second-order valence-electron chi connectivity index (χ2n) is 5.76. The van der Waals surface area contributed by atoms with E-state index < -0.39 is 0 Å². The molecule has 0 radical (unpaired) electrons. The molecule has 1 aliphatic carbocycles. The van der Waals surface area contributed by atoms with Gasteiger partial charge in [0.1, 0.15) is 0 Å². The van der Waals surface area contributed by atoms with Crippen LogP contribution < -0.4 is 0 Å². The first-order valence-electron chi connectivity index (χ1n) is 7.64. The molecule has 4 heteroatoms. The van der Waals surface area contributed by atoms with Gasteiger partial charge >= 0.3 is 0 Å². The summed E-state index contributed by atoms with van der Waals surface area (Å²) < 4.78 is 0. The van der Waals surface area contributed by atoms with Crippen LogP contribution in [0.4, 0.5) is 0 Å². The number of hydrogen-bond acceptors (Lipinski definition) is 3. The molecule has 2 aromatic heterocycles. The van der Waals surface area contributed by atoms with E-state index in [1.54, 1.807) is 22.7 Å². The average Bonchev–Trinajstić information content (AvgIpc) is 3.21. The number of hydrogen-bond donors (Lipinski definition) is 0. The molecule has 0 bridgehead atoms. The third-order valence-electron chi connectivity index (χ3n) is 4.14. The molecule has 0 aromatic carbocycles. The van der Waals surface area contributed by atoms with Crippen LogP contribution in [0.3, 0.4) is 0 Å². The molecule has 1 aliphatic rings. The van der Waals surface area contributed by atoms with Gasteiger partial charge in [0.25, 0.3) is 0 Å². The van der Waals surface area contributed by atoms with Crippen molar-refractivity contribution in [3.63, 3.8) is 0 Å². The first kappa shape index (κ1) is 14.8. The molecule has 3 rings (SSSR count). The summed E-state index contributed by atoms with van der Waals surface area (Å²) in [5, 5.41) is 4.17. The van der Waals surface area contributed by atoms with E-state index in [1.807, 2.05) is 4.90 Å². The predicted octanol–water partition coefficient (Wildman–Crippen LogP) is 4.92. The highest BCUT2D eigenvalue weighted by Crippen LogP contribution is 2.29. The third kappa shape index (κ3) is 4.17. The maximum Gasteiger partial charge on any atom is 0.223 e. The average molecular weight is 319 g/mol. The highest BCUT2D eigenvalue weighted by molar-refractivity contribution is 7.10. The molecule has 0 saturated heterocycles. The number of carbonyl (C=O) groups excluding carboxylic acids is 1. The Morgan fingerprint density at radius 3 is 2.10 bits per heavy atom. The summed E-state index contributed by atoms with van der Waals surface area (Å²) in [6, 6.07) is 8.36. The Balaban J connectivity index is 1.66. The molecule has 2 heterocycles. The van der Waals surface area contributed by atoms with Crippen molar-refractivity contribution in [2.45, 2.75) is 45.2 Å². The Morgan fingerprint density at radius 1 is 1.05 bits per heavy atom. The van der Waals surface area contributed by atoms with Crippen molar-refractivity contribution in [2.24, 2.45) is 5.92 Å². The Kier molecular flexibility index (Phi) is 5.09. The van der Waals surface area contributed by atoms with Crippen LogP contribution in [-0.4, -0.2) is 10.8 Å². The summed E-state index contributed by atoms with van der Waals surface area (Å²) in [7, 11) is 0. The van der Waals surface area contributed by atoms with Gasteiger partial charge in [0.15, 0.2) is 0 Å². The van der Waals surface area contributed by atoms with E-state index in [0.717, 1.165) is 19.5 Å². The molecule has 112 valence electrons. The SMILES string of the molecule is O=C(CC1CCCC1)N(Cc1cccs1)Cc1cccs1. The van der Waals surface area contributed by atoms with E-state index in [4.69, 9.17) is 0 Å². The van der Waals surface area contributed by atoms with Crippen LogP contribution in [-0.2, 0) is 17.9 Å². The molecule has 2 nitrogen and oxygen atoms in total. The number of carbonyl (C=O) groups is 1. The third-order valence-corrected chi connectivity index (χ3v) is 5.87. The van der Waals surface area contributed by atoms with Gasteiger partial charge < -0.3 is 4.90 Å². The van der Waals surface area contributed by atoms with Crippen molar-refractivity contribution in [3.8, 4) is 0 Å². The minimum Gasteiger partial charge on any atom is -0.332 e. The van der Waals surface area contributed by atoms with Gasteiger partial charge in [-0.3, -0.25) is 4.79 Å². The van der Waals surface area contributed by atoms with E-state index in [2.05, 4.69) is 35.0 Å². The van der Waals surface area contributed by atoms with Crippen LogP contribution in [0, 0.1) is 5.92 Å². The lowest BCUT2D eigenvalue weighted by Gasteiger charge is -2.23. The van der Waals surface area contributed by atoms with Gasteiger partial charge in [0, 0.05) is 16.2 Å². The van der Waals surface area contributed by atoms with Crippen LogP contribution in [0.1, 0.15) is 41.9 Å². The van der Waals surface area contributed by atoms with Crippen LogP contribution in [0.5, 0.6) is 0 Å². The van der Waals surface area contributed by atoms with Gasteiger partial charge in [-0.25, -0.2) is 0 Å². The maximum atomic E-state index is 12.7. The second kappa shape index (κ2) is 7.23. The van der Waals surface area contributed by atoms with Crippen molar-refractivity contribution in [3.05, 3.63) is 44.8 Å². The molecule has 2 aromatic rings. The first-order chi connectivity index (χ1) is 10.3. The zero-order chi connectivity index (χ0) is 14.5. The molecule has 21 heavy (non-hydrogen) atoms. The fraction of sp³-hybridized carbons (Fsp3) is 0.471. The summed E-state index contributed by atoms with van der Waals surface area (Å²) in [6.07, 6.45) is 5.80. The minimum absolute atomic E-state index is 0.323. The normalized spacial score (nSPS) is 15.4. The lowest BCUT2D eigenvalue weighted by molar-refractivity contribution is -0.133. The number of nitrogens with zero attached hydrogens (tertiary/aromatic N) is 1. The Morgan fingerprint density at radius 2 is 1.62 bits per heavy atom. The van der Waals surface area contributed by atoms with Gasteiger partial charge in [-0.1, -0.05) is 25.0 Å². The molecule has 0 unspecified atom stereocenters. The molecule has 0 aliphatic heterocycles. The topological polar surface area (TPSA) is 20.3 Å². The standard InChI is InChI=1S/C17H21NOS2/c19-17(11-14-5-1-2-6-14)18(12-15-7-3-9-20-15)13-16-8-4-10-21-16/h3-4,7-10,14H,1-2,5-6,11-13H2. The van der Waals surface area contributed by atoms with Gasteiger partial charge in [-0.2, -0.15) is 0 Å². The predicted molar refractivity (Wildman–Crippen MR) is 89.5 cm³/mol. The molecule has 1 fully saturated rings. The molecule has 0 N–H and O–H groups in total. The highest BCUT2D eigenvalue weighted by Gasteiger charge is 2.22. The lowest BCUT2D eigenvalue weighted by Crippen LogP contribution is -2.30. The van der Waals surface area contributed by atoms with Gasteiger partial charge in [-0.05, 0) is 41.7 Å². The van der Waals surface area contributed by atoms with Crippen LogP contribution in [0.15, 0.2) is 35.0 Å². The van der Waals surface area contributed by atoms with Crippen molar-refractivity contribution < 1.29 is 4.79 Å². The summed E-state index contributed by atoms with van der Waals surface area (Å²) >= 11 is 3.47. The molecular formula is C17H21NOS2. The van der Waals surface area contributed by atoms with Crippen LogP contribution >= 0.6 is 22.7 Å². The van der Waals surface area contributed by atoms with Crippen molar-refractivity contribution in [1.82, 2.24) is 4.90 Å². The number of amides is 1. The maximum absolute atomic E-state index is 12.7. The van der Waals surface area contributed by atoms with E-state index in [9.17, 15) is 4.79 Å². The Hall–Kier alpha value is -1.13. The van der Waals surface area contributed by atoms with Crippen molar-refractivity contribution in [2.75, 3.05) is 0 Å². The van der Waals surface area contributed by atoms with E-state index >= 15 is 0 Å². The van der Waals surface area contributed by atoms with Gasteiger partial charge in [-0.15, -0.1) is 22.7 Å². The van der Waals surface area contributed by atoms with Gasteiger partial charge in [0.2, 0.25) is 5.91 Å². The minimum atomic E-state index is 0.323. The monoisotopic (exact) mass is 319 g/mol. The largest absolute Gasteiger partial charge is 0.332 e. The summed E-state index contributed by atoms with van der Waals surface area (Å²) in [4.78, 5) is 17.3. The van der Waals surface area contributed by atoms with Crippen molar-refractivity contribution in [1.29, 1.82) is 0 Å². The van der Waals surface area contributed by atoms with E-state index in [0.29, 0.717) is 11.8 Å². The Bertz CT molecular complexity index is 505. The molecular weight excluding hydrogens is 298 g/mol. The zero-order valence-corrected chi connectivity index (χ0v) is 13.8. The van der Waals surface area contributed by atoms with Gasteiger partial charge in [0.05, 0.1) is 13.1 Å². The van der Waals surface area contributed by atoms with E-state index in [-0.39, 0.29) is 0 Å². The summed E-state index contributed by atoms with van der Waals surface area (Å²) in [6.45, 7) is 1.50. The highest BCUT2D eigenvalue weighted by atomic mass is 32.1. The van der Waals surface area contributed by atoms with Crippen LogP contribution in [0.25, 0.3) is 0 Å². The first-order valence-corrected chi connectivity index (χ1v) is 9.40. The number of thiophene rings is 2. The summed E-state index contributed by atoms with van der Waals surface area (Å²) in [5.74, 6) is 0.940. The number of rotatable bonds is 6. The molecule has 0 spiro atoms. The molecule has 0 atom stereocenters.